The maximum atomic E-state index is 9.14. The number of aromatic nitrogens is 1. The average Bonchev–Trinajstić information content (AvgIpc) is 3.43. The Morgan fingerprint density at radius 2 is 1.26 bits per heavy atom. The van der Waals surface area contributed by atoms with Gasteiger partial charge in [-0.05, 0) is 81.9 Å². The van der Waals surface area contributed by atoms with Crippen LogP contribution in [0.25, 0.3) is 55.3 Å². The molecule has 2 heterocycles. The molecule has 0 spiro atoms. The maximum Gasteiger partial charge on any atom is 0.154 e. The van der Waals surface area contributed by atoms with Crippen LogP contribution in [0, 0.1) is 16.7 Å². The molecule has 198 valence electrons. The predicted octanol–water partition coefficient (Wildman–Crippen LogP) is 8.71. The Balaban J connectivity index is 1.26. The van der Waals surface area contributed by atoms with Crippen LogP contribution in [0.5, 0.6) is 0 Å². The van der Waals surface area contributed by atoms with Crippen molar-refractivity contribution in [3.8, 4) is 39.4 Å². The number of hydrogen-bond donors (Lipinski definition) is 2. The van der Waals surface area contributed by atoms with Crippen molar-refractivity contribution in [2.45, 2.75) is 0 Å². The van der Waals surface area contributed by atoms with Crippen molar-refractivity contribution in [2.24, 2.45) is 4.99 Å². The van der Waals surface area contributed by atoms with Crippen molar-refractivity contribution in [2.75, 3.05) is 0 Å². The van der Waals surface area contributed by atoms with Crippen LogP contribution in [0.1, 0.15) is 11.1 Å². The van der Waals surface area contributed by atoms with Gasteiger partial charge in [0.05, 0.1) is 11.6 Å². The molecule has 7 rings (SSSR count). The summed E-state index contributed by atoms with van der Waals surface area (Å²) < 4.78 is 6.16. The van der Waals surface area contributed by atoms with E-state index in [2.05, 4.69) is 40.3 Å². The van der Waals surface area contributed by atoms with Gasteiger partial charge < -0.3 is 9.40 Å². The van der Waals surface area contributed by atoms with E-state index >= 15 is 0 Å². The van der Waals surface area contributed by atoms with Crippen LogP contribution in [0.3, 0.4) is 0 Å². The van der Waals surface area contributed by atoms with Crippen LogP contribution < -0.4 is 5.49 Å². The highest BCUT2D eigenvalue weighted by Crippen LogP contribution is 2.36. The van der Waals surface area contributed by atoms with Gasteiger partial charge in [-0.25, -0.2) is 4.99 Å². The Labute approximate surface area is 242 Å². The largest absolute Gasteiger partial charge is 0.456 e. The summed E-state index contributed by atoms with van der Waals surface area (Å²) in [5, 5.41) is 20.0. The first-order chi connectivity index (χ1) is 20.7. The smallest absolute Gasteiger partial charge is 0.154 e. The monoisotopic (exact) mass is 540 g/mol. The molecule has 0 atom stereocenters. The minimum Gasteiger partial charge on any atom is -0.456 e. The molecule has 2 N–H and O–H groups in total. The number of amidine groups is 1. The van der Waals surface area contributed by atoms with E-state index in [1.54, 1.807) is 0 Å². The van der Waals surface area contributed by atoms with Crippen molar-refractivity contribution in [1.82, 2.24) is 4.98 Å². The van der Waals surface area contributed by atoms with Gasteiger partial charge in [0.25, 0.3) is 0 Å². The minimum absolute atomic E-state index is 0.176. The van der Waals surface area contributed by atoms with Gasteiger partial charge in [-0.3, -0.25) is 5.41 Å². The van der Waals surface area contributed by atoms with E-state index in [-0.39, 0.29) is 5.84 Å². The zero-order valence-corrected chi connectivity index (χ0v) is 22.5. The number of H-pyrrole nitrogens is 1. The SMILES string of the molecule is N#Cc1ccc(-c2ccc3oc4ccc(-c5ccccc5C(=N)/N=c5/ccc(-c6ccccc6)c[nH]5)cc4c3c2)cc1. The van der Waals surface area contributed by atoms with E-state index < -0.39 is 0 Å². The Hall–Kier alpha value is -5.99. The lowest BCUT2D eigenvalue weighted by atomic mass is 9.96. The summed E-state index contributed by atoms with van der Waals surface area (Å²) in [7, 11) is 0. The lowest BCUT2D eigenvalue weighted by Gasteiger charge is -2.09. The molecule has 0 fully saturated rings. The molecule has 42 heavy (non-hydrogen) atoms. The number of pyridine rings is 1. The Bertz CT molecular complexity index is 2200. The number of nitrogens with zero attached hydrogens (tertiary/aromatic N) is 2. The number of fused-ring (bicyclic) bond motifs is 3. The van der Waals surface area contributed by atoms with Crippen LogP contribution >= 0.6 is 0 Å². The van der Waals surface area contributed by atoms with E-state index in [4.69, 9.17) is 15.1 Å². The number of nitrogens with one attached hydrogen (secondary N) is 2. The molecular weight excluding hydrogens is 516 g/mol. The quantitative estimate of drug-likeness (QED) is 0.173. The molecule has 0 unspecified atom stereocenters. The summed E-state index contributed by atoms with van der Waals surface area (Å²) >= 11 is 0. The first kappa shape index (κ1) is 25.0. The van der Waals surface area contributed by atoms with Gasteiger partial charge in [-0.15, -0.1) is 0 Å². The third-order valence-electron chi connectivity index (χ3n) is 7.45. The third kappa shape index (κ3) is 4.68. The van der Waals surface area contributed by atoms with Gasteiger partial charge >= 0.3 is 0 Å². The third-order valence-corrected chi connectivity index (χ3v) is 7.45. The normalized spacial score (nSPS) is 11.5. The van der Waals surface area contributed by atoms with E-state index in [0.29, 0.717) is 11.1 Å². The second kappa shape index (κ2) is 10.5. The van der Waals surface area contributed by atoms with E-state index in [1.807, 2.05) is 109 Å². The molecule has 0 radical (unpaired) electrons. The highest BCUT2D eigenvalue weighted by Gasteiger charge is 2.13. The van der Waals surface area contributed by atoms with Crippen LogP contribution in [-0.2, 0) is 0 Å². The highest BCUT2D eigenvalue weighted by molar-refractivity contribution is 6.09. The van der Waals surface area contributed by atoms with E-state index in [1.165, 1.54) is 0 Å². The lowest BCUT2D eigenvalue weighted by Crippen LogP contribution is -2.11. The van der Waals surface area contributed by atoms with Crippen molar-refractivity contribution in [3.63, 3.8) is 0 Å². The molecule has 0 saturated carbocycles. The van der Waals surface area contributed by atoms with Gasteiger partial charge in [0, 0.05) is 22.5 Å². The molecule has 0 aliphatic heterocycles. The van der Waals surface area contributed by atoms with Gasteiger partial charge in [0.15, 0.2) is 5.84 Å². The van der Waals surface area contributed by atoms with Crippen LogP contribution in [0.4, 0.5) is 0 Å². The maximum absolute atomic E-state index is 9.14. The molecule has 0 saturated heterocycles. The Kier molecular flexibility index (Phi) is 6.27. The first-order valence-electron chi connectivity index (χ1n) is 13.6. The Morgan fingerprint density at radius 1 is 0.643 bits per heavy atom. The van der Waals surface area contributed by atoms with Crippen molar-refractivity contribution < 1.29 is 4.42 Å². The van der Waals surface area contributed by atoms with Crippen molar-refractivity contribution in [1.29, 1.82) is 10.7 Å². The fourth-order valence-electron chi connectivity index (χ4n) is 5.28. The fourth-order valence-corrected chi connectivity index (χ4v) is 5.28. The van der Waals surface area contributed by atoms with Gasteiger partial charge in [0.2, 0.25) is 0 Å². The van der Waals surface area contributed by atoms with Crippen LogP contribution in [-0.4, -0.2) is 10.8 Å². The molecular formula is C37H24N4O. The zero-order valence-electron chi connectivity index (χ0n) is 22.5. The molecule has 0 bridgehead atoms. The molecule has 7 aromatic rings. The second-order valence-electron chi connectivity index (χ2n) is 10.0. The number of benzene rings is 5. The second-order valence-corrected chi connectivity index (χ2v) is 10.0. The number of nitriles is 1. The lowest BCUT2D eigenvalue weighted by molar-refractivity contribution is 0.669. The summed E-state index contributed by atoms with van der Waals surface area (Å²) in [6.45, 7) is 0. The highest BCUT2D eigenvalue weighted by atomic mass is 16.3. The zero-order chi connectivity index (χ0) is 28.5. The molecule has 2 aromatic heterocycles. The van der Waals surface area contributed by atoms with E-state index in [9.17, 15) is 0 Å². The first-order valence-corrected chi connectivity index (χ1v) is 13.6. The van der Waals surface area contributed by atoms with Gasteiger partial charge in [-0.2, -0.15) is 5.26 Å². The molecule has 5 aromatic carbocycles. The topological polar surface area (TPSA) is 88.9 Å². The standard InChI is InChI=1S/C37H24N4O/c38-22-24-10-12-26(13-11-24)27-14-17-34-32(20-27)33-21-28(15-18-35(33)42-34)30-8-4-5-9-31(30)37(39)41-36-19-16-29(23-40-36)25-6-2-1-3-7-25/h1-21,23H,(H2,39,40,41). The number of rotatable bonds is 4. The summed E-state index contributed by atoms with van der Waals surface area (Å²) in [6.07, 6.45) is 1.91. The fraction of sp³-hybridized carbons (Fsp3) is 0. The van der Waals surface area contributed by atoms with E-state index in [0.717, 1.165) is 60.9 Å². The van der Waals surface area contributed by atoms with Gasteiger partial charge in [-0.1, -0.05) is 78.9 Å². The van der Waals surface area contributed by atoms with Crippen LogP contribution in [0.2, 0.25) is 0 Å². The molecule has 0 aliphatic carbocycles. The summed E-state index contributed by atoms with van der Waals surface area (Å²) in [5.74, 6) is 0.176. The predicted molar refractivity (Wildman–Crippen MR) is 168 cm³/mol. The number of furan rings is 1. The summed E-state index contributed by atoms with van der Waals surface area (Å²) in [6, 6.07) is 44.0. The molecule has 5 nitrogen and oxygen atoms in total. The van der Waals surface area contributed by atoms with Crippen LogP contribution in [0.15, 0.2) is 143 Å². The molecule has 0 amide bonds. The van der Waals surface area contributed by atoms with Crippen molar-refractivity contribution >= 4 is 27.8 Å². The van der Waals surface area contributed by atoms with Gasteiger partial charge in [0.1, 0.15) is 16.7 Å². The Morgan fingerprint density at radius 3 is 1.98 bits per heavy atom. The number of aromatic amines is 1. The summed E-state index contributed by atoms with van der Waals surface area (Å²) in [4.78, 5) is 7.82. The molecule has 0 aliphatic rings. The minimum atomic E-state index is 0.176. The summed E-state index contributed by atoms with van der Waals surface area (Å²) in [5.41, 5.74) is 9.77. The average molecular weight is 541 g/mol. The molecule has 5 heteroatoms. The number of hydrogen-bond acceptors (Lipinski definition) is 3. The van der Waals surface area contributed by atoms with Crippen molar-refractivity contribution in [3.05, 3.63) is 150 Å².